The highest BCUT2D eigenvalue weighted by Crippen LogP contribution is 2.47. The second-order valence-electron chi connectivity index (χ2n) is 16.7. The van der Waals surface area contributed by atoms with Crippen molar-refractivity contribution in [3.8, 4) is 11.5 Å². The van der Waals surface area contributed by atoms with Crippen LogP contribution in [0, 0.1) is 0 Å². The maximum Gasteiger partial charge on any atom is 0.326 e. The zero-order valence-electron chi connectivity index (χ0n) is 30.0. The van der Waals surface area contributed by atoms with Crippen molar-refractivity contribution in [2.24, 2.45) is 0 Å². The molecule has 3 aromatic carbocycles. The monoisotopic (exact) mass is 602 g/mol. The summed E-state index contributed by atoms with van der Waals surface area (Å²) < 4.78 is 14.0. The molecule has 0 saturated carbocycles. The molecule has 0 fully saturated rings. The van der Waals surface area contributed by atoms with Crippen molar-refractivity contribution in [2.45, 2.75) is 144 Å². The molecule has 0 aromatic heterocycles. The molecule has 0 aliphatic carbocycles. The van der Waals surface area contributed by atoms with Gasteiger partial charge in [0.05, 0.1) is 5.30 Å². The molecule has 0 heterocycles. The zero-order chi connectivity index (χ0) is 32.6. The molecule has 0 bridgehead atoms. The number of hydrogen-bond acceptors (Lipinski definition) is 2. The van der Waals surface area contributed by atoms with Crippen LogP contribution < -0.4 is 14.4 Å². The summed E-state index contributed by atoms with van der Waals surface area (Å²) in [5.74, 6) is 1.79. The smallest absolute Gasteiger partial charge is 0.326 e. The van der Waals surface area contributed by atoms with Gasteiger partial charge in [-0.1, -0.05) is 140 Å². The Hall–Kier alpha value is -2.31. The fourth-order valence-electron chi connectivity index (χ4n) is 5.27. The zero-order valence-corrected chi connectivity index (χ0v) is 30.8. The van der Waals surface area contributed by atoms with Gasteiger partial charge in [-0.3, -0.25) is 0 Å². The first-order valence-corrected chi connectivity index (χ1v) is 17.3. The summed E-state index contributed by atoms with van der Waals surface area (Å²) in [7, 11) is -1.47. The summed E-state index contributed by atoms with van der Waals surface area (Å²) in [5.41, 5.74) is 6.49. The molecule has 0 saturated heterocycles. The van der Waals surface area contributed by atoms with E-state index in [-0.39, 0.29) is 27.1 Å². The molecule has 3 aromatic rings. The van der Waals surface area contributed by atoms with Crippen LogP contribution in [-0.2, 0) is 27.1 Å². The normalized spacial score (nSPS) is 13.4. The predicted molar refractivity (Wildman–Crippen MR) is 190 cm³/mol. The van der Waals surface area contributed by atoms with Gasteiger partial charge in [0, 0.05) is 11.1 Å². The van der Waals surface area contributed by atoms with E-state index in [4.69, 9.17) is 9.05 Å². The van der Waals surface area contributed by atoms with Gasteiger partial charge in [-0.2, -0.15) is 0 Å². The Morgan fingerprint density at radius 3 is 1.12 bits per heavy atom. The lowest BCUT2D eigenvalue weighted by Crippen LogP contribution is -2.21. The van der Waals surface area contributed by atoms with Crippen LogP contribution in [0.15, 0.2) is 60.7 Å². The Labute approximate surface area is 265 Å². The molecule has 0 aliphatic heterocycles. The molecular weight excluding hydrogens is 543 g/mol. The molecule has 0 aliphatic rings. The first kappa shape index (κ1) is 35.2. The Morgan fingerprint density at radius 2 is 0.814 bits per heavy atom. The molecule has 0 atom stereocenters. The van der Waals surface area contributed by atoms with Crippen LogP contribution in [-0.4, -0.2) is 0 Å². The quantitative estimate of drug-likeness (QED) is 0.239. The third kappa shape index (κ3) is 8.45. The molecule has 3 heteroatoms. The minimum Gasteiger partial charge on any atom is -0.435 e. The van der Waals surface area contributed by atoms with Gasteiger partial charge in [0.25, 0.3) is 0 Å². The van der Waals surface area contributed by atoms with E-state index in [1.165, 1.54) is 27.8 Å². The molecule has 2 nitrogen and oxygen atoms in total. The predicted octanol–water partition coefficient (Wildman–Crippen LogP) is 12.0. The Kier molecular flexibility index (Phi) is 10.3. The van der Waals surface area contributed by atoms with Gasteiger partial charge in [0.1, 0.15) is 11.5 Å². The van der Waals surface area contributed by atoms with Gasteiger partial charge in [-0.15, -0.1) is 0 Å². The van der Waals surface area contributed by atoms with Crippen LogP contribution in [0.3, 0.4) is 0 Å². The third-order valence-electron chi connectivity index (χ3n) is 9.01. The molecule has 0 N–H and O–H groups in total. The average Bonchev–Trinajstić information content (AvgIpc) is 2.90. The minimum absolute atomic E-state index is 0.0528. The molecule has 236 valence electrons. The molecule has 43 heavy (non-hydrogen) atoms. The summed E-state index contributed by atoms with van der Waals surface area (Å²) >= 11 is 0. The highest BCUT2D eigenvalue weighted by Gasteiger charge is 2.30. The first-order chi connectivity index (χ1) is 19.6. The van der Waals surface area contributed by atoms with Gasteiger partial charge in [0.15, 0.2) is 0 Å². The number of benzene rings is 3. The van der Waals surface area contributed by atoms with Crippen LogP contribution in [0.5, 0.6) is 11.5 Å². The Morgan fingerprint density at radius 1 is 0.465 bits per heavy atom. The number of rotatable bonds is 8. The SMILES string of the molecule is CCC(C)(CC)c1ccc(P(Oc2ccc(C(C)(C)C)cc2C(C)(C)C)Oc2ccc(C(C)(C)C)cc2C(C)(C)C)cc1. The largest absolute Gasteiger partial charge is 0.435 e. The summed E-state index contributed by atoms with van der Waals surface area (Å²) in [6.45, 7) is 34.1. The van der Waals surface area contributed by atoms with Gasteiger partial charge in [-0.25, -0.2) is 0 Å². The van der Waals surface area contributed by atoms with E-state index in [1.54, 1.807) is 0 Å². The van der Waals surface area contributed by atoms with E-state index in [0.29, 0.717) is 0 Å². The van der Waals surface area contributed by atoms with E-state index >= 15 is 0 Å². The standard InChI is InChI=1S/C40H59O2P/c1-16-40(15,17-2)28-18-22-31(23-19-28)43(41-34-24-20-29(36(3,4)5)26-32(34)38(9,10)11)42-35-25-21-30(37(6,7)8)27-33(35)39(12,13)14/h18-27H,16-17H2,1-15H3. The van der Waals surface area contributed by atoms with Crippen molar-refractivity contribution in [1.82, 2.24) is 0 Å². The summed E-state index contributed by atoms with van der Waals surface area (Å²) in [6.07, 6.45) is 2.21. The van der Waals surface area contributed by atoms with Crippen LogP contribution in [0.4, 0.5) is 0 Å². The Balaban J connectivity index is 2.19. The van der Waals surface area contributed by atoms with Crippen molar-refractivity contribution in [3.63, 3.8) is 0 Å². The van der Waals surface area contributed by atoms with Crippen LogP contribution >= 0.6 is 8.38 Å². The second-order valence-corrected chi connectivity index (χ2v) is 18.1. The van der Waals surface area contributed by atoms with Crippen LogP contribution in [0.2, 0.25) is 0 Å². The van der Waals surface area contributed by atoms with Crippen molar-refractivity contribution in [1.29, 1.82) is 0 Å². The van der Waals surface area contributed by atoms with E-state index in [2.05, 4.69) is 165 Å². The number of hydrogen-bond donors (Lipinski definition) is 0. The van der Waals surface area contributed by atoms with Crippen molar-refractivity contribution >= 4 is 13.7 Å². The lowest BCUT2D eigenvalue weighted by molar-refractivity contribution is 0.439. The van der Waals surface area contributed by atoms with E-state index in [9.17, 15) is 0 Å². The van der Waals surface area contributed by atoms with Gasteiger partial charge < -0.3 is 9.05 Å². The van der Waals surface area contributed by atoms with E-state index in [0.717, 1.165) is 29.6 Å². The fraction of sp³-hybridized carbons (Fsp3) is 0.550. The second kappa shape index (κ2) is 12.6. The minimum atomic E-state index is -1.47. The average molecular weight is 603 g/mol. The highest BCUT2D eigenvalue weighted by atomic mass is 31.2. The molecule has 0 amide bonds. The van der Waals surface area contributed by atoms with Gasteiger partial charge in [-0.05, 0) is 80.9 Å². The van der Waals surface area contributed by atoms with Crippen LogP contribution in [0.25, 0.3) is 0 Å². The lowest BCUT2D eigenvalue weighted by atomic mass is 9.78. The van der Waals surface area contributed by atoms with Crippen molar-refractivity contribution < 1.29 is 9.05 Å². The molecule has 0 radical (unpaired) electrons. The van der Waals surface area contributed by atoms with Crippen molar-refractivity contribution in [2.75, 3.05) is 0 Å². The molecule has 3 rings (SSSR count). The van der Waals surface area contributed by atoms with Crippen molar-refractivity contribution in [3.05, 3.63) is 88.5 Å². The summed E-state index contributed by atoms with van der Waals surface area (Å²) in [6, 6.07) is 22.4. The first-order valence-electron chi connectivity index (χ1n) is 16.2. The fourth-order valence-corrected chi connectivity index (χ4v) is 6.59. The maximum absolute atomic E-state index is 7.02. The molecular formula is C40H59O2P. The highest BCUT2D eigenvalue weighted by molar-refractivity contribution is 7.56. The maximum atomic E-state index is 7.02. The Bertz CT molecular complexity index is 1290. The lowest BCUT2D eigenvalue weighted by Gasteiger charge is -2.31. The van der Waals surface area contributed by atoms with E-state index < -0.39 is 8.38 Å². The van der Waals surface area contributed by atoms with Gasteiger partial charge in [0.2, 0.25) is 0 Å². The summed E-state index contributed by atoms with van der Waals surface area (Å²) in [4.78, 5) is 0. The van der Waals surface area contributed by atoms with E-state index in [1.807, 2.05) is 0 Å². The summed E-state index contributed by atoms with van der Waals surface area (Å²) in [5, 5.41) is 1.08. The van der Waals surface area contributed by atoms with Crippen LogP contribution in [0.1, 0.15) is 145 Å². The third-order valence-corrected chi connectivity index (χ3v) is 10.5. The van der Waals surface area contributed by atoms with Gasteiger partial charge >= 0.3 is 8.38 Å². The molecule has 0 unspecified atom stereocenters. The topological polar surface area (TPSA) is 18.5 Å². The molecule has 0 spiro atoms.